The van der Waals surface area contributed by atoms with Crippen molar-refractivity contribution in [1.82, 2.24) is 0 Å². The van der Waals surface area contributed by atoms with Crippen LogP contribution in [0, 0.1) is 13.8 Å². The largest absolute Gasteiger partial charge is 0.277 e. The smallest absolute Gasteiger partial charge is 0.241 e. The van der Waals surface area contributed by atoms with Gasteiger partial charge in [-0.3, -0.25) is 4.79 Å². The normalized spacial score (nSPS) is 11.4. The van der Waals surface area contributed by atoms with Crippen molar-refractivity contribution in [2.75, 3.05) is 0 Å². The van der Waals surface area contributed by atoms with Crippen LogP contribution in [0.2, 0.25) is 0 Å². The van der Waals surface area contributed by atoms with Crippen molar-refractivity contribution in [2.24, 2.45) is 0 Å². The molecule has 0 atom stereocenters. The summed E-state index contributed by atoms with van der Waals surface area (Å²) in [6.07, 6.45) is 0. The minimum atomic E-state index is 0.190. The average Bonchev–Trinajstić information content (AvgIpc) is 2.57. The molecule has 0 bridgehead atoms. The minimum absolute atomic E-state index is 0.190. The molecule has 0 radical (unpaired) electrons. The SMILES string of the molecule is Cc1sc2c(c1C)c(=O)sc1ccccc12. The Kier molecular flexibility index (Phi) is 2.13. The molecule has 2 aromatic heterocycles. The van der Waals surface area contributed by atoms with E-state index in [9.17, 15) is 4.79 Å². The molecular formula is C13H10OS2. The molecule has 0 saturated carbocycles. The molecule has 3 aromatic rings. The van der Waals surface area contributed by atoms with Gasteiger partial charge in [-0.2, -0.15) is 0 Å². The zero-order valence-electron chi connectivity index (χ0n) is 9.03. The first-order valence-corrected chi connectivity index (χ1v) is 6.73. The van der Waals surface area contributed by atoms with Crippen LogP contribution < -0.4 is 4.74 Å². The van der Waals surface area contributed by atoms with Crippen LogP contribution in [0.1, 0.15) is 10.4 Å². The van der Waals surface area contributed by atoms with Gasteiger partial charge < -0.3 is 0 Å². The second-order valence-electron chi connectivity index (χ2n) is 3.87. The highest BCUT2D eigenvalue weighted by atomic mass is 32.1. The molecule has 0 N–H and O–H groups in total. The van der Waals surface area contributed by atoms with Crippen molar-refractivity contribution < 1.29 is 0 Å². The number of fused-ring (bicyclic) bond motifs is 3. The van der Waals surface area contributed by atoms with E-state index in [1.807, 2.05) is 25.1 Å². The van der Waals surface area contributed by atoms with Crippen LogP contribution in [-0.2, 0) is 0 Å². The van der Waals surface area contributed by atoms with E-state index in [4.69, 9.17) is 0 Å². The van der Waals surface area contributed by atoms with Gasteiger partial charge in [0.25, 0.3) is 0 Å². The van der Waals surface area contributed by atoms with Gasteiger partial charge in [0, 0.05) is 19.7 Å². The van der Waals surface area contributed by atoms with Gasteiger partial charge in [-0.25, -0.2) is 0 Å². The molecule has 0 spiro atoms. The molecule has 3 heteroatoms. The minimum Gasteiger partial charge on any atom is -0.277 e. The summed E-state index contributed by atoms with van der Waals surface area (Å²) in [5.74, 6) is 0. The highest BCUT2D eigenvalue weighted by Gasteiger charge is 2.12. The third kappa shape index (κ3) is 1.25. The van der Waals surface area contributed by atoms with Crippen LogP contribution in [0.25, 0.3) is 20.2 Å². The monoisotopic (exact) mass is 246 g/mol. The third-order valence-corrected chi connectivity index (χ3v) is 5.13. The van der Waals surface area contributed by atoms with Crippen molar-refractivity contribution in [3.05, 3.63) is 44.2 Å². The van der Waals surface area contributed by atoms with Crippen LogP contribution in [-0.4, -0.2) is 0 Å². The summed E-state index contributed by atoms with van der Waals surface area (Å²) in [5, 5.41) is 2.13. The van der Waals surface area contributed by atoms with E-state index in [-0.39, 0.29) is 4.74 Å². The molecule has 16 heavy (non-hydrogen) atoms. The number of rotatable bonds is 0. The van der Waals surface area contributed by atoms with Gasteiger partial charge in [0.15, 0.2) is 0 Å². The Morgan fingerprint density at radius 2 is 1.81 bits per heavy atom. The molecule has 0 aliphatic carbocycles. The maximum Gasteiger partial charge on any atom is 0.241 e. The van der Waals surface area contributed by atoms with Gasteiger partial charge in [0.05, 0.1) is 5.39 Å². The fourth-order valence-electron chi connectivity index (χ4n) is 1.96. The molecule has 0 aliphatic heterocycles. The Balaban J connectivity index is 2.70. The zero-order chi connectivity index (χ0) is 11.3. The molecule has 1 aromatic carbocycles. The van der Waals surface area contributed by atoms with Gasteiger partial charge >= 0.3 is 0 Å². The van der Waals surface area contributed by atoms with Gasteiger partial charge in [0.2, 0.25) is 4.74 Å². The fraction of sp³-hybridized carbons (Fsp3) is 0.154. The van der Waals surface area contributed by atoms with Crippen molar-refractivity contribution in [3.63, 3.8) is 0 Å². The Morgan fingerprint density at radius 1 is 1.06 bits per heavy atom. The number of thiophene rings is 1. The second-order valence-corrected chi connectivity index (χ2v) is 6.11. The molecule has 3 rings (SSSR count). The maximum absolute atomic E-state index is 12.1. The van der Waals surface area contributed by atoms with Crippen molar-refractivity contribution in [1.29, 1.82) is 0 Å². The number of hydrogen-bond acceptors (Lipinski definition) is 3. The molecule has 0 aliphatic rings. The maximum atomic E-state index is 12.1. The predicted octanol–water partition coefficient (Wildman–Crippen LogP) is 4.09. The Morgan fingerprint density at radius 3 is 2.62 bits per heavy atom. The van der Waals surface area contributed by atoms with E-state index in [1.165, 1.54) is 21.6 Å². The molecule has 0 fully saturated rings. The van der Waals surface area contributed by atoms with E-state index in [1.54, 1.807) is 11.3 Å². The molecule has 2 heterocycles. The summed E-state index contributed by atoms with van der Waals surface area (Å²) in [4.78, 5) is 13.3. The molecule has 0 amide bonds. The van der Waals surface area contributed by atoms with E-state index in [2.05, 4.69) is 13.0 Å². The standard InChI is InChI=1S/C13H10OS2/c1-7-8(2)15-12-9-5-3-4-6-10(9)16-13(14)11(7)12/h3-6H,1-2H3. The first-order valence-electron chi connectivity index (χ1n) is 5.10. The summed E-state index contributed by atoms with van der Waals surface area (Å²) in [5.41, 5.74) is 1.15. The first-order chi connectivity index (χ1) is 7.68. The van der Waals surface area contributed by atoms with Crippen LogP contribution in [0.3, 0.4) is 0 Å². The van der Waals surface area contributed by atoms with E-state index >= 15 is 0 Å². The van der Waals surface area contributed by atoms with Crippen molar-refractivity contribution in [2.45, 2.75) is 13.8 Å². The molecule has 80 valence electrons. The fourth-order valence-corrected chi connectivity index (χ4v) is 4.27. The van der Waals surface area contributed by atoms with Crippen molar-refractivity contribution in [3.8, 4) is 0 Å². The quantitative estimate of drug-likeness (QED) is 0.584. The van der Waals surface area contributed by atoms with Gasteiger partial charge in [-0.05, 0) is 25.5 Å². The van der Waals surface area contributed by atoms with E-state index in [0.717, 1.165) is 20.3 Å². The summed E-state index contributed by atoms with van der Waals surface area (Å²) < 4.78 is 2.42. The lowest BCUT2D eigenvalue weighted by Crippen LogP contribution is -1.94. The third-order valence-electron chi connectivity index (χ3n) is 2.92. The Bertz CT molecular complexity index is 750. The molecule has 0 unspecified atom stereocenters. The summed E-state index contributed by atoms with van der Waals surface area (Å²) in [6, 6.07) is 8.13. The number of aryl methyl sites for hydroxylation is 2. The highest BCUT2D eigenvalue weighted by Crippen LogP contribution is 2.34. The van der Waals surface area contributed by atoms with Crippen LogP contribution in [0.15, 0.2) is 29.1 Å². The van der Waals surface area contributed by atoms with Gasteiger partial charge in [-0.1, -0.05) is 29.5 Å². The summed E-state index contributed by atoms with van der Waals surface area (Å²) >= 11 is 3.08. The zero-order valence-corrected chi connectivity index (χ0v) is 10.7. The first kappa shape index (κ1) is 10.00. The topological polar surface area (TPSA) is 17.1 Å². The highest BCUT2D eigenvalue weighted by molar-refractivity contribution is 7.23. The molecule has 0 saturated heterocycles. The van der Waals surface area contributed by atoms with Crippen LogP contribution >= 0.6 is 22.7 Å². The van der Waals surface area contributed by atoms with Crippen LogP contribution in [0.5, 0.6) is 0 Å². The summed E-state index contributed by atoms with van der Waals surface area (Å²) in [7, 11) is 0. The van der Waals surface area contributed by atoms with Gasteiger partial charge in [-0.15, -0.1) is 11.3 Å². The number of hydrogen-bond donors (Lipinski definition) is 0. The lowest BCUT2D eigenvalue weighted by Gasteiger charge is -1.97. The lowest BCUT2D eigenvalue weighted by atomic mass is 10.2. The van der Waals surface area contributed by atoms with E-state index < -0.39 is 0 Å². The van der Waals surface area contributed by atoms with Gasteiger partial charge in [0.1, 0.15) is 0 Å². The van der Waals surface area contributed by atoms with Crippen LogP contribution in [0.4, 0.5) is 0 Å². The van der Waals surface area contributed by atoms with E-state index in [0.29, 0.717) is 0 Å². The second kappa shape index (κ2) is 3.40. The summed E-state index contributed by atoms with van der Waals surface area (Å²) in [6.45, 7) is 4.12. The average molecular weight is 246 g/mol. The Hall–Kier alpha value is -1.19. The predicted molar refractivity (Wildman–Crippen MR) is 73.0 cm³/mol. The Labute approximate surface area is 101 Å². The molecule has 1 nitrogen and oxygen atoms in total. The van der Waals surface area contributed by atoms with Crippen molar-refractivity contribution >= 4 is 42.8 Å². The number of benzene rings is 1. The lowest BCUT2D eigenvalue weighted by molar-refractivity contribution is 1.47. The molecular weight excluding hydrogens is 236 g/mol.